The van der Waals surface area contributed by atoms with Gasteiger partial charge in [-0.25, -0.2) is 9.18 Å². The minimum Gasteiger partial charge on any atom is -0.465 e. The van der Waals surface area contributed by atoms with Crippen LogP contribution in [0.4, 0.5) is 15.8 Å². The third-order valence-corrected chi connectivity index (χ3v) is 3.14. The monoisotopic (exact) mass is 268 g/mol. The maximum atomic E-state index is 13.6. The van der Waals surface area contributed by atoms with E-state index in [2.05, 4.69) is 10.1 Å². The van der Waals surface area contributed by atoms with Gasteiger partial charge in [0.05, 0.1) is 23.7 Å². The van der Waals surface area contributed by atoms with Crippen molar-refractivity contribution >= 4 is 17.3 Å². The summed E-state index contributed by atoms with van der Waals surface area (Å²) in [5.74, 6) is -1.42. The van der Waals surface area contributed by atoms with Crippen molar-refractivity contribution in [2.45, 2.75) is 19.4 Å². The molecule has 2 rings (SSSR count). The van der Waals surface area contributed by atoms with Crippen LogP contribution in [0.25, 0.3) is 0 Å². The average Bonchev–Trinajstić information content (AvgIpc) is 3.05. The molecule has 1 aromatic rings. The van der Waals surface area contributed by atoms with Crippen molar-refractivity contribution in [3.63, 3.8) is 0 Å². The Morgan fingerprint density at radius 3 is 2.68 bits per heavy atom. The standard InChI is InChI=1S/C12H13FN2O4/c1-6-3-9(6)14-10-4-7(12(16)19-2)8(13)5-11(10)15(17)18/h4-6,9,14H,3H2,1-2H3. The maximum Gasteiger partial charge on any atom is 0.340 e. The van der Waals surface area contributed by atoms with Crippen LogP contribution in [-0.2, 0) is 4.74 Å². The van der Waals surface area contributed by atoms with Crippen LogP contribution in [0.15, 0.2) is 12.1 Å². The number of carbonyl (C=O) groups is 1. The van der Waals surface area contributed by atoms with Gasteiger partial charge < -0.3 is 10.1 Å². The fourth-order valence-electron chi connectivity index (χ4n) is 1.82. The van der Waals surface area contributed by atoms with Crippen molar-refractivity contribution < 1.29 is 18.8 Å². The van der Waals surface area contributed by atoms with Crippen molar-refractivity contribution in [1.82, 2.24) is 0 Å². The molecule has 6 nitrogen and oxygen atoms in total. The largest absolute Gasteiger partial charge is 0.465 e. The van der Waals surface area contributed by atoms with Gasteiger partial charge in [-0.15, -0.1) is 0 Å². The van der Waals surface area contributed by atoms with Gasteiger partial charge in [0, 0.05) is 6.04 Å². The first-order chi connectivity index (χ1) is 8.93. The predicted molar refractivity (Wildman–Crippen MR) is 65.6 cm³/mol. The van der Waals surface area contributed by atoms with Gasteiger partial charge in [-0.1, -0.05) is 6.92 Å². The highest BCUT2D eigenvalue weighted by molar-refractivity contribution is 5.92. The zero-order valence-electron chi connectivity index (χ0n) is 10.5. The topological polar surface area (TPSA) is 81.5 Å². The van der Waals surface area contributed by atoms with Gasteiger partial charge in [-0.2, -0.15) is 0 Å². The molecule has 0 spiro atoms. The molecule has 1 aliphatic rings. The van der Waals surface area contributed by atoms with Crippen molar-refractivity contribution in [3.8, 4) is 0 Å². The Bertz CT molecular complexity index is 547. The first-order valence-corrected chi connectivity index (χ1v) is 5.76. The summed E-state index contributed by atoms with van der Waals surface area (Å²) in [4.78, 5) is 21.6. The van der Waals surface area contributed by atoms with E-state index in [1.54, 1.807) is 0 Å². The fraction of sp³-hybridized carbons (Fsp3) is 0.417. The Balaban J connectivity index is 2.41. The summed E-state index contributed by atoms with van der Waals surface area (Å²) in [5, 5.41) is 13.8. The Morgan fingerprint density at radius 1 is 1.58 bits per heavy atom. The number of anilines is 1. The number of nitrogens with one attached hydrogen (secondary N) is 1. The summed E-state index contributed by atoms with van der Waals surface area (Å²) < 4.78 is 18.1. The number of nitrogens with zero attached hydrogens (tertiary/aromatic N) is 1. The average molecular weight is 268 g/mol. The summed E-state index contributed by atoms with van der Waals surface area (Å²) in [6, 6.07) is 1.99. The van der Waals surface area contributed by atoms with E-state index in [0.717, 1.165) is 25.7 Å². The molecular weight excluding hydrogens is 255 g/mol. The van der Waals surface area contributed by atoms with Gasteiger partial charge in [0.1, 0.15) is 11.5 Å². The van der Waals surface area contributed by atoms with E-state index in [1.807, 2.05) is 6.92 Å². The number of carbonyl (C=O) groups excluding carboxylic acids is 1. The van der Waals surface area contributed by atoms with E-state index in [0.29, 0.717) is 5.92 Å². The summed E-state index contributed by atoms with van der Waals surface area (Å²) in [7, 11) is 1.12. The SMILES string of the molecule is COC(=O)c1cc(NC2CC2C)c([N+](=O)[O-])cc1F. The molecule has 1 N–H and O–H groups in total. The number of hydrogen-bond acceptors (Lipinski definition) is 5. The lowest BCUT2D eigenvalue weighted by molar-refractivity contribution is -0.384. The van der Waals surface area contributed by atoms with E-state index in [4.69, 9.17) is 0 Å². The number of nitro groups is 1. The maximum absolute atomic E-state index is 13.6. The smallest absolute Gasteiger partial charge is 0.340 e. The first-order valence-electron chi connectivity index (χ1n) is 5.76. The molecule has 0 aromatic heterocycles. The van der Waals surface area contributed by atoms with Crippen LogP contribution in [0.1, 0.15) is 23.7 Å². The number of rotatable bonds is 4. The molecule has 2 atom stereocenters. The highest BCUT2D eigenvalue weighted by atomic mass is 19.1. The normalized spacial score (nSPS) is 20.8. The molecule has 0 heterocycles. The summed E-state index contributed by atoms with van der Waals surface area (Å²) in [5.41, 5.74) is -0.561. The van der Waals surface area contributed by atoms with Crippen LogP contribution >= 0.6 is 0 Å². The summed E-state index contributed by atoms with van der Waals surface area (Å²) in [6.07, 6.45) is 0.891. The van der Waals surface area contributed by atoms with Gasteiger partial charge in [0.25, 0.3) is 5.69 Å². The lowest BCUT2D eigenvalue weighted by Gasteiger charge is -2.09. The molecule has 1 aromatic carbocycles. The Labute approximate surface area is 108 Å². The van der Waals surface area contributed by atoms with Crippen LogP contribution in [-0.4, -0.2) is 24.0 Å². The molecule has 1 aliphatic carbocycles. The number of halogens is 1. The van der Waals surface area contributed by atoms with Gasteiger partial charge in [0.2, 0.25) is 0 Å². The van der Waals surface area contributed by atoms with Crippen LogP contribution < -0.4 is 5.32 Å². The van der Waals surface area contributed by atoms with Crippen LogP contribution in [0.2, 0.25) is 0 Å². The molecule has 2 unspecified atom stereocenters. The number of esters is 1. The van der Waals surface area contributed by atoms with E-state index in [1.165, 1.54) is 0 Å². The number of methoxy groups -OCH3 is 1. The molecule has 0 radical (unpaired) electrons. The van der Waals surface area contributed by atoms with E-state index < -0.39 is 16.7 Å². The summed E-state index contributed by atoms with van der Waals surface area (Å²) >= 11 is 0. The van der Waals surface area contributed by atoms with E-state index in [-0.39, 0.29) is 23.0 Å². The van der Waals surface area contributed by atoms with E-state index in [9.17, 15) is 19.3 Å². The highest BCUT2D eigenvalue weighted by Crippen LogP contribution is 2.36. The van der Waals surface area contributed by atoms with Gasteiger partial charge >= 0.3 is 5.97 Å². The van der Waals surface area contributed by atoms with Crippen molar-refractivity contribution in [1.29, 1.82) is 0 Å². The van der Waals surface area contributed by atoms with Crippen molar-refractivity contribution in [2.75, 3.05) is 12.4 Å². The first kappa shape index (κ1) is 13.3. The number of hydrogen-bond donors (Lipinski definition) is 1. The second-order valence-electron chi connectivity index (χ2n) is 4.56. The molecule has 7 heteroatoms. The zero-order valence-corrected chi connectivity index (χ0v) is 10.5. The predicted octanol–water partition coefficient (Wildman–Crippen LogP) is 2.34. The van der Waals surface area contributed by atoms with Gasteiger partial charge in [-0.05, 0) is 18.4 Å². The van der Waals surface area contributed by atoms with Gasteiger partial charge in [-0.3, -0.25) is 10.1 Å². The van der Waals surface area contributed by atoms with Crippen LogP contribution in [0.5, 0.6) is 0 Å². The molecule has 0 saturated heterocycles. The second kappa shape index (κ2) is 4.83. The highest BCUT2D eigenvalue weighted by Gasteiger charge is 2.34. The summed E-state index contributed by atoms with van der Waals surface area (Å²) in [6.45, 7) is 1.99. The number of nitro benzene ring substituents is 1. The van der Waals surface area contributed by atoms with Crippen LogP contribution in [0, 0.1) is 21.8 Å². The molecule has 1 fully saturated rings. The molecular formula is C12H13FN2O4. The quantitative estimate of drug-likeness (QED) is 0.515. The Kier molecular flexibility index (Phi) is 3.37. The molecule has 0 aliphatic heterocycles. The molecule has 0 amide bonds. The number of benzene rings is 1. The Hall–Kier alpha value is -2.18. The molecule has 19 heavy (non-hydrogen) atoms. The Morgan fingerprint density at radius 2 is 2.21 bits per heavy atom. The zero-order chi connectivity index (χ0) is 14.2. The molecule has 1 saturated carbocycles. The third kappa shape index (κ3) is 2.64. The van der Waals surface area contributed by atoms with E-state index >= 15 is 0 Å². The number of ether oxygens (including phenoxy) is 1. The third-order valence-electron chi connectivity index (χ3n) is 3.14. The lowest BCUT2D eigenvalue weighted by Crippen LogP contribution is -2.10. The molecule has 102 valence electrons. The minimum atomic E-state index is -0.965. The second-order valence-corrected chi connectivity index (χ2v) is 4.56. The van der Waals surface area contributed by atoms with Crippen molar-refractivity contribution in [2.24, 2.45) is 5.92 Å². The molecule has 0 bridgehead atoms. The minimum absolute atomic E-state index is 0.120. The van der Waals surface area contributed by atoms with Crippen molar-refractivity contribution in [3.05, 3.63) is 33.6 Å². The fourth-order valence-corrected chi connectivity index (χ4v) is 1.82. The lowest BCUT2D eigenvalue weighted by atomic mass is 10.1. The van der Waals surface area contributed by atoms with Gasteiger partial charge in [0.15, 0.2) is 0 Å². The van der Waals surface area contributed by atoms with Crippen LogP contribution in [0.3, 0.4) is 0 Å².